The van der Waals surface area contributed by atoms with Gasteiger partial charge in [0.15, 0.2) is 0 Å². The van der Waals surface area contributed by atoms with Crippen LogP contribution >= 0.6 is 0 Å². The standard InChI is InChI=1S/C16H31NO2/c1-12-8-13(2)15(16(18)9-12)10-17(3)6-7-19-11-14-4-5-14/h12-16,18H,4-11H2,1-3H3. The van der Waals surface area contributed by atoms with Crippen LogP contribution in [0.15, 0.2) is 0 Å². The van der Waals surface area contributed by atoms with Crippen LogP contribution in [-0.4, -0.2) is 49.5 Å². The van der Waals surface area contributed by atoms with Crippen molar-refractivity contribution >= 4 is 0 Å². The van der Waals surface area contributed by atoms with E-state index in [9.17, 15) is 5.11 Å². The Labute approximate surface area is 118 Å². The third-order valence-electron chi connectivity index (χ3n) is 4.83. The molecule has 0 aromatic rings. The maximum absolute atomic E-state index is 10.3. The van der Waals surface area contributed by atoms with Crippen LogP contribution in [0, 0.1) is 23.7 Å². The van der Waals surface area contributed by atoms with Crippen LogP contribution in [0.1, 0.15) is 39.5 Å². The number of hydrogen-bond acceptors (Lipinski definition) is 3. The van der Waals surface area contributed by atoms with E-state index in [1.807, 2.05) is 0 Å². The lowest BCUT2D eigenvalue weighted by molar-refractivity contribution is -0.00254. The molecule has 2 saturated carbocycles. The van der Waals surface area contributed by atoms with E-state index in [0.29, 0.717) is 17.8 Å². The molecule has 2 rings (SSSR count). The van der Waals surface area contributed by atoms with E-state index in [1.165, 1.54) is 19.3 Å². The zero-order chi connectivity index (χ0) is 13.8. The Morgan fingerprint density at radius 3 is 2.58 bits per heavy atom. The zero-order valence-electron chi connectivity index (χ0n) is 12.8. The molecular weight excluding hydrogens is 238 g/mol. The van der Waals surface area contributed by atoms with E-state index in [2.05, 4.69) is 25.8 Å². The number of hydrogen-bond donors (Lipinski definition) is 1. The van der Waals surface area contributed by atoms with E-state index < -0.39 is 0 Å². The first-order chi connectivity index (χ1) is 9.06. The number of aliphatic hydroxyl groups excluding tert-OH is 1. The molecule has 1 N–H and O–H groups in total. The average molecular weight is 269 g/mol. The quantitative estimate of drug-likeness (QED) is 0.720. The molecule has 19 heavy (non-hydrogen) atoms. The maximum Gasteiger partial charge on any atom is 0.0593 e. The van der Waals surface area contributed by atoms with E-state index in [4.69, 9.17) is 4.74 Å². The van der Waals surface area contributed by atoms with Gasteiger partial charge in [-0.1, -0.05) is 13.8 Å². The van der Waals surface area contributed by atoms with Crippen molar-refractivity contribution in [1.82, 2.24) is 4.90 Å². The molecule has 4 atom stereocenters. The summed E-state index contributed by atoms with van der Waals surface area (Å²) < 4.78 is 5.68. The van der Waals surface area contributed by atoms with Crippen LogP contribution in [0.4, 0.5) is 0 Å². The van der Waals surface area contributed by atoms with Crippen molar-refractivity contribution in [2.24, 2.45) is 23.7 Å². The van der Waals surface area contributed by atoms with Crippen molar-refractivity contribution in [2.75, 3.05) is 33.4 Å². The second-order valence-corrected chi connectivity index (χ2v) is 7.07. The third-order valence-corrected chi connectivity index (χ3v) is 4.83. The predicted octanol–water partition coefficient (Wildman–Crippen LogP) is 2.39. The number of rotatable bonds is 7. The molecule has 4 unspecified atom stereocenters. The largest absolute Gasteiger partial charge is 0.393 e. The molecule has 3 heteroatoms. The molecule has 0 saturated heterocycles. The van der Waals surface area contributed by atoms with E-state index in [1.54, 1.807) is 0 Å². The summed E-state index contributed by atoms with van der Waals surface area (Å²) in [5.41, 5.74) is 0. The summed E-state index contributed by atoms with van der Waals surface area (Å²) in [4.78, 5) is 2.33. The van der Waals surface area contributed by atoms with Crippen LogP contribution in [0.3, 0.4) is 0 Å². The van der Waals surface area contributed by atoms with Gasteiger partial charge in [0.25, 0.3) is 0 Å². The van der Waals surface area contributed by atoms with Gasteiger partial charge in [-0.15, -0.1) is 0 Å². The fourth-order valence-corrected chi connectivity index (χ4v) is 3.38. The molecule has 0 spiro atoms. The Balaban J connectivity index is 1.63. The van der Waals surface area contributed by atoms with Crippen LogP contribution in [-0.2, 0) is 4.74 Å². The second kappa shape index (κ2) is 7.05. The lowest BCUT2D eigenvalue weighted by Gasteiger charge is -2.38. The summed E-state index contributed by atoms with van der Waals surface area (Å²) in [5.74, 6) is 2.60. The first-order valence-electron chi connectivity index (χ1n) is 8.00. The first kappa shape index (κ1) is 15.3. The van der Waals surface area contributed by atoms with Crippen LogP contribution < -0.4 is 0 Å². The van der Waals surface area contributed by atoms with Crippen molar-refractivity contribution in [1.29, 1.82) is 0 Å². The van der Waals surface area contributed by atoms with Crippen molar-refractivity contribution in [3.8, 4) is 0 Å². The Morgan fingerprint density at radius 1 is 1.21 bits per heavy atom. The Kier molecular flexibility index (Phi) is 5.67. The fraction of sp³-hybridized carbons (Fsp3) is 1.00. The molecule has 0 aromatic carbocycles. The lowest BCUT2D eigenvalue weighted by Crippen LogP contribution is -2.42. The van der Waals surface area contributed by atoms with Gasteiger partial charge in [0.05, 0.1) is 12.7 Å². The van der Waals surface area contributed by atoms with Crippen molar-refractivity contribution in [3.63, 3.8) is 0 Å². The summed E-state index contributed by atoms with van der Waals surface area (Å²) in [6.45, 7) is 8.32. The molecule has 2 fully saturated rings. The predicted molar refractivity (Wildman–Crippen MR) is 78.1 cm³/mol. The number of aliphatic hydroxyl groups is 1. The van der Waals surface area contributed by atoms with Crippen molar-refractivity contribution < 1.29 is 9.84 Å². The van der Waals surface area contributed by atoms with E-state index >= 15 is 0 Å². The Hall–Kier alpha value is -0.120. The highest BCUT2D eigenvalue weighted by Crippen LogP contribution is 2.34. The molecule has 0 bridgehead atoms. The molecule has 0 aromatic heterocycles. The summed E-state index contributed by atoms with van der Waals surface area (Å²) in [6.07, 6.45) is 4.84. The Bertz CT molecular complexity index is 255. The maximum atomic E-state index is 10.3. The third kappa shape index (κ3) is 5.05. The Morgan fingerprint density at radius 2 is 1.95 bits per heavy atom. The van der Waals surface area contributed by atoms with Gasteiger partial charge < -0.3 is 14.7 Å². The lowest BCUT2D eigenvalue weighted by atomic mass is 9.73. The van der Waals surface area contributed by atoms with Crippen molar-refractivity contribution in [3.05, 3.63) is 0 Å². The molecule has 0 amide bonds. The van der Waals surface area contributed by atoms with Gasteiger partial charge in [0.2, 0.25) is 0 Å². The van der Waals surface area contributed by atoms with E-state index in [-0.39, 0.29) is 6.10 Å². The fourth-order valence-electron chi connectivity index (χ4n) is 3.38. The van der Waals surface area contributed by atoms with Gasteiger partial charge in [-0.2, -0.15) is 0 Å². The van der Waals surface area contributed by atoms with Gasteiger partial charge >= 0.3 is 0 Å². The first-order valence-corrected chi connectivity index (χ1v) is 8.00. The molecular formula is C16H31NO2. The summed E-state index contributed by atoms with van der Waals surface area (Å²) in [7, 11) is 2.15. The molecule has 2 aliphatic carbocycles. The monoisotopic (exact) mass is 269 g/mol. The average Bonchev–Trinajstić information content (AvgIpc) is 3.13. The number of ether oxygens (including phenoxy) is 1. The smallest absolute Gasteiger partial charge is 0.0593 e. The van der Waals surface area contributed by atoms with Crippen LogP contribution in [0.2, 0.25) is 0 Å². The van der Waals surface area contributed by atoms with E-state index in [0.717, 1.165) is 38.6 Å². The van der Waals surface area contributed by atoms with Crippen LogP contribution in [0.25, 0.3) is 0 Å². The molecule has 0 heterocycles. The molecule has 0 aliphatic heterocycles. The van der Waals surface area contributed by atoms with Gasteiger partial charge in [-0.05, 0) is 50.5 Å². The second-order valence-electron chi connectivity index (χ2n) is 7.07. The SMILES string of the molecule is CC1CC(C)C(CN(C)CCOCC2CC2)C(O)C1. The van der Waals surface area contributed by atoms with Gasteiger partial charge in [-0.3, -0.25) is 0 Å². The summed E-state index contributed by atoms with van der Waals surface area (Å²) in [6, 6.07) is 0. The van der Waals surface area contributed by atoms with Crippen molar-refractivity contribution in [2.45, 2.75) is 45.6 Å². The minimum Gasteiger partial charge on any atom is -0.393 e. The highest BCUT2D eigenvalue weighted by atomic mass is 16.5. The molecule has 112 valence electrons. The minimum atomic E-state index is -0.117. The van der Waals surface area contributed by atoms with Gasteiger partial charge in [0, 0.05) is 25.6 Å². The molecule has 0 radical (unpaired) electrons. The summed E-state index contributed by atoms with van der Waals surface area (Å²) in [5, 5.41) is 10.3. The number of likely N-dealkylation sites (N-methyl/N-ethyl adjacent to an activating group) is 1. The number of nitrogens with zero attached hydrogens (tertiary/aromatic N) is 1. The zero-order valence-corrected chi connectivity index (χ0v) is 12.8. The van der Waals surface area contributed by atoms with Gasteiger partial charge in [0.1, 0.15) is 0 Å². The van der Waals surface area contributed by atoms with Crippen LogP contribution in [0.5, 0.6) is 0 Å². The normalized spacial score (nSPS) is 35.8. The minimum absolute atomic E-state index is 0.117. The molecule has 3 nitrogen and oxygen atoms in total. The topological polar surface area (TPSA) is 32.7 Å². The highest BCUT2D eigenvalue weighted by Gasteiger charge is 2.33. The summed E-state index contributed by atoms with van der Waals surface area (Å²) >= 11 is 0. The van der Waals surface area contributed by atoms with Gasteiger partial charge in [-0.25, -0.2) is 0 Å². The highest BCUT2D eigenvalue weighted by molar-refractivity contribution is 4.84. The molecule has 2 aliphatic rings.